The van der Waals surface area contributed by atoms with Gasteiger partial charge in [0.05, 0.1) is 12.5 Å². The number of hydrogen-bond donors (Lipinski definition) is 2. The monoisotopic (exact) mass is 309 g/mol. The van der Waals surface area contributed by atoms with Crippen LogP contribution in [0.25, 0.3) is 0 Å². The maximum absolute atomic E-state index is 11.6. The molecular formula is C13H16BrN3O. The average molecular weight is 310 g/mol. The summed E-state index contributed by atoms with van der Waals surface area (Å²) in [5.41, 5.74) is 0.813. The lowest BCUT2D eigenvalue weighted by Gasteiger charge is -2.14. The van der Waals surface area contributed by atoms with Crippen LogP contribution in [0.4, 0.5) is 5.69 Å². The zero-order valence-electron chi connectivity index (χ0n) is 10.4. The topological polar surface area (TPSA) is 64.9 Å². The Hall–Kier alpha value is -1.54. The standard InChI is InChI=1S/C13H16BrN3O/c1-9(2)16-13(18)7-12(8-15)17-11-5-3-4-10(14)6-11/h3-6,9,12,17H,7H2,1-2H3,(H,16,18). The van der Waals surface area contributed by atoms with Gasteiger partial charge in [-0.15, -0.1) is 0 Å². The first-order chi connectivity index (χ1) is 8.51. The SMILES string of the molecule is CC(C)NC(=O)CC(C#N)Nc1cccc(Br)c1. The molecule has 0 aliphatic heterocycles. The van der Waals surface area contributed by atoms with Crippen LogP contribution in [0.5, 0.6) is 0 Å². The maximum atomic E-state index is 11.6. The number of hydrogen-bond acceptors (Lipinski definition) is 3. The molecule has 0 heterocycles. The molecule has 96 valence electrons. The molecule has 1 unspecified atom stereocenters. The molecule has 0 fully saturated rings. The number of amides is 1. The Morgan fingerprint density at radius 3 is 2.78 bits per heavy atom. The van der Waals surface area contributed by atoms with Crippen LogP contribution in [-0.4, -0.2) is 18.0 Å². The molecule has 1 aromatic carbocycles. The first-order valence-electron chi connectivity index (χ1n) is 5.72. The van der Waals surface area contributed by atoms with Crippen molar-refractivity contribution in [2.45, 2.75) is 32.4 Å². The minimum atomic E-state index is -0.530. The van der Waals surface area contributed by atoms with E-state index in [1.807, 2.05) is 38.1 Å². The van der Waals surface area contributed by atoms with Crippen LogP contribution in [0.2, 0.25) is 0 Å². The molecule has 0 saturated carbocycles. The van der Waals surface area contributed by atoms with Crippen molar-refractivity contribution in [3.63, 3.8) is 0 Å². The van der Waals surface area contributed by atoms with E-state index in [2.05, 4.69) is 32.6 Å². The number of halogens is 1. The average Bonchev–Trinajstić information content (AvgIpc) is 2.27. The minimum absolute atomic E-state index is 0.0858. The number of nitrogens with zero attached hydrogens (tertiary/aromatic N) is 1. The molecule has 0 radical (unpaired) electrons. The predicted octanol–water partition coefficient (Wildman–Crippen LogP) is 2.67. The van der Waals surface area contributed by atoms with Crippen LogP contribution in [0, 0.1) is 11.3 Å². The molecule has 0 aromatic heterocycles. The van der Waals surface area contributed by atoms with Crippen molar-refractivity contribution < 1.29 is 4.79 Å². The molecular weight excluding hydrogens is 294 g/mol. The third-order valence-corrected chi connectivity index (χ3v) is 2.65. The van der Waals surface area contributed by atoms with E-state index in [1.165, 1.54) is 0 Å². The van der Waals surface area contributed by atoms with E-state index in [0.717, 1.165) is 10.2 Å². The minimum Gasteiger partial charge on any atom is -0.369 e. The quantitative estimate of drug-likeness (QED) is 0.879. The predicted molar refractivity (Wildman–Crippen MR) is 75.1 cm³/mol. The number of nitriles is 1. The van der Waals surface area contributed by atoms with Gasteiger partial charge in [-0.05, 0) is 32.0 Å². The first-order valence-corrected chi connectivity index (χ1v) is 6.51. The van der Waals surface area contributed by atoms with Gasteiger partial charge in [-0.1, -0.05) is 22.0 Å². The fourth-order valence-electron chi connectivity index (χ4n) is 1.47. The Morgan fingerprint density at radius 2 is 2.22 bits per heavy atom. The Bertz CT molecular complexity index is 454. The number of nitrogens with one attached hydrogen (secondary N) is 2. The van der Waals surface area contributed by atoms with Crippen LogP contribution in [0.1, 0.15) is 20.3 Å². The highest BCUT2D eigenvalue weighted by Crippen LogP contribution is 2.16. The van der Waals surface area contributed by atoms with Crippen molar-refractivity contribution >= 4 is 27.5 Å². The molecule has 1 amide bonds. The van der Waals surface area contributed by atoms with Crippen LogP contribution in [-0.2, 0) is 4.79 Å². The van der Waals surface area contributed by atoms with Crippen LogP contribution in [0.3, 0.4) is 0 Å². The summed E-state index contributed by atoms with van der Waals surface area (Å²) in [5, 5.41) is 14.8. The summed E-state index contributed by atoms with van der Waals surface area (Å²) in [6, 6.07) is 9.14. The third kappa shape index (κ3) is 5.19. The molecule has 5 heteroatoms. The van der Waals surface area contributed by atoms with E-state index in [0.29, 0.717) is 0 Å². The van der Waals surface area contributed by atoms with Crippen molar-refractivity contribution in [1.29, 1.82) is 5.26 Å². The fraction of sp³-hybridized carbons (Fsp3) is 0.385. The Balaban J connectivity index is 2.58. The molecule has 2 N–H and O–H groups in total. The summed E-state index contributed by atoms with van der Waals surface area (Å²) in [4.78, 5) is 11.6. The maximum Gasteiger partial charge on any atom is 0.223 e. The Kier molecular flexibility index (Phi) is 5.66. The second-order valence-electron chi connectivity index (χ2n) is 4.26. The van der Waals surface area contributed by atoms with Crippen molar-refractivity contribution in [3.05, 3.63) is 28.7 Å². The molecule has 0 spiro atoms. The van der Waals surface area contributed by atoms with Gasteiger partial charge in [-0.25, -0.2) is 0 Å². The van der Waals surface area contributed by atoms with E-state index in [-0.39, 0.29) is 18.4 Å². The van der Waals surface area contributed by atoms with Gasteiger partial charge in [-0.2, -0.15) is 5.26 Å². The Labute approximate surface area is 116 Å². The summed E-state index contributed by atoms with van der Waals surface area (Å²) in [6.45, 7) is 3.78. The largest absolute Gasteiger partial charge is 0.369 e. The second-order valence-corrected chi connectivity index (χ2v) is 5.18. The van der Waals surface area contributed by atoms with E-state index < -0.39 is 6.04 Å². The third-order valence-electron chi connectivity index (χ3n) is 2.16. The number of carbonyl (C=O) groups is 1. The highest BCUT2D eigenvalue weighted by molar-refractivity contribution is 9.10. The molecule has 0 aliphatic rings. The molecule has 0 bridgehead atoms. The molecule has 1 aromatic rings. The number of benzene rings is 1. The van der Waals surface area contributed by atoms with Crippen molar-refractivity contribution in [1.82, 2.24) is 5.32 Å². The van der Waals surface area contributed by atoms with E-state index >= 15 is 0 Å². The summed E-state index contributed by atoms with van der Waals surface area (Å²) >= 11 is 3.36. The lowest BCUT2D eigenvalue weighted by Crippen LogP contribution is -2.34. The first kappa shape index (κ1) is 14.5. The zero-order valence-corrected chi connectivity index (χ0v) is 12.0. The molecule has 18 heavy (non-hydrogen) atoms. The Morgan fingerprint density at radius 1 is 1.50 bits per heavy atom. The lowest BCUT2D eigenvalue weighted by molar-refractivity contribution is -0.121. The smallest absolute Gasteiger partial charge is 0.223 e. The van der Waals surface area contributed by atoms with Gasteiger partial charge in [-0.3, -0.25) is 4.79 Å². The summed E-state index contributed by atoms with van der Waals surface area (Å²) in [5.74, 6) is -0.126. The summed E-state index contributed by atoms with van der Waals surface area (Å²) in [7, 11) is 0. The van der Waals surface area contributed by atoms with E-state index in [9.17, 15) is 4.79 Å². The second kappa shape index (κ2) is 7.02. The van der Waals surface area contributed by atoms with Crippen molar-refractivity contribution in [3.8, 4) is 6.07 Å². The zero-order chi connectivity index (χ0) is 13.5. The normalized spacial score (nSPS) is 11.7. The van der Waals surface area contributed by atoms with Gasteiger partial charge in [0, 0.05) is 16.2 Å². The van der Waals surface area contributed by atoms with Crippen molar-refractivity contribution in [2.24, 2.45) is 0 Å². The highest BCUT2D eigenvalue weighted by atomic mass is 79.9. The van der Waals surface area contributed by atoms with Gasteiger partial charge in [0.1, 0.15) is 6.04 Å². The number of carbonyl (C=O) groups excluding carboxylic acids is 1. The van der Waals surface area contributed by atoms with Crippen molar-refractivity contribution in [2.75, 3.05) is 5.32 Å². The number of anilines is 1. The van der Waals surface area contributed by atoms with Gasteiger partial charge in [0.2, 0.25) is 5.91 Å². The lowest BCUT2D eigenvalue weighted by atomic mass is 10.2. The fourth-order valence-corrected chi connectivity index (χ4v) is 1.87. The van der Waals surface area contributed by atoms with Crippen LogP contribution >= 0.6 is 15.9 Å². The molecule has 1 atom stereocenters. The van der Waals surface area contributed by atoms with Crippen LogP contribution < -0.4 is 10.6 Å². The molecule has 4 nitrogen and oxygen atoms in total. The van der Waals surface area contributed by atoms with Crippen LogP contribution in [0.15, 0.2) is 28.7 Å². The summed E-state index contributed by atoms with van der Waals surface area (Å²) < 4.78 is 0.927. The van der Waals surface area contributed by atoms with E-state index in [4.69, 9.17) is 5.26 Å². The molecule has 0 saturated heterocycles. The molecule has 1 rings (SSSR count). The van der Waals surface area contributed by atoms with Gasteiger partial charge >= 0.3 is 0 Å². The van der Waals surface area contributed by atoms with Gasteiger partial charge in [0.15, 0.2) is 0 Å². The highest BCUT2D eigenvalue weighted by Gasteiger charge is 2.13. The van der Waals surface area contributed by atoms with Gasteiger partial charge in [0.25, 0.3) is 0 Å². The number of rotatable bonds is 5. The van der Waals surface area contributed by atoms with E-state index in [1.54, 1.807) is 0 Å². The summed E-state index contributed by atoms with van der Waals surface area (Å²) in [6.07, 6.45) is 0.140. The van der Waals surface area contributed by atoms with Gasteiger partial charge < -0.3 is 10.6 Å². The molecule has 0 aliphatic carbocycles.